The number of hydrogen-bond acceptors (Lipinski definition) is 1. The first-order chi connectivity index (χ1) is 8.58. The quantitative estimate of drug-likeness (QED) is 0.683. The smallest absolute Gasteiger partial charge is 0.133 e. The summed E-state index contributed by atoms with van der Waals surface area (Å²) in [5, 5.41) is 0.680. The molecule has 0 atom stereocenters. The van der Waals surface area contributed by atoms with Crippen molar-refractivity contribution in [2.45, 2.75) is 69.0 Å². The van der Waals surface area contributed by atoms with Gasteiger partial charge in [-0.3, -0.25) is 4.79 Å². The fourth-order valence-electron chi connectivity index (χ4n) is 3.92. The second-order valence-corrected chi connectivity index (χ2v) is 7.39. The van der Waals surface area contributed by atoms with Crippen molar-refractivity contribution in [3.63, 3.8) is 0 Å². The predicted molar refractivity (Wildman–Crippen MR) is 77.4 cm³/mol. The van der Waals surface area contributed by atoms with E-state index in [1.165, 1.54) is 0 Å². The summed E-state index contributed by atoms with van der Waals surface area (Å²) in [6, 6.07) is 0. The lowest BCUT2D eigenvalue weighted by Gasteiger charge is -2.38. The Morgan fingerprint density at radius 3 is 1.44 bits per heavy atom. The third-order valence-electron chi connectivity index (χ3n) is 4.89. The van der Waals surface area contributed by atoms with Crippen LogP contribution in [-0.4, -0.2) is 16.5 Å². The van der Waals surface area contributed by atoms with Crippen LogP contribution in [0, 0.1) is 17.8 Å². The van der Waals surface area contributed by atoms with E-state index in [1.807, 2.05) is 0 Å². The van der Waals surface area contributed by atoms with Crippen molar-refractivity contribution in [3.05, 3.63) is 0 Å². The normalized spacial score (nSPS) is 39.3. The fourth-order valence-corrected chi connectivity index (χ4v) is 4.43. The minimum Gasteiger partial charge on any atom is -0.300 e. The van der Waals surface area contributed by atoms with E-state index in [0.717, 1.165) is 51.4 Å². The summed E-state index contributed by atoms with van der Waals surface area (Å²) in [6.45, 7) is 1.78. The van der Waals surface area contributed by atoms with Gasteiger partial charge in [-0.1, -0.05) is 0 Å². The van der Waals surface area contributed by atoms with Gasteiger partial charge in [-0.25, -0.2) is 0 Å². The summed E-state index contributed by atoms with van der Waals surface area (Å²) in [5.41, 5.74) is 0. The lowest BCUT2D eigenvalue weighted by Crippen LogP contribution is -2.34. The Morgan fingerprint density at radius 2 is 1.17 bits per heavy atom. The molecule has 0 aromatic rings. The van der Waals surface area contributed by atoms with E-state index in [2.05, 4.69) is 0 Å². The topological polar surface area (TPSA) is 17.1 Å². The van der Waals surface area contributed by atoms with Gasteiger partial charge < -0.3 is 0 Å². The SMILES string of the molecule is CC(=O)C(C1CCC(Cl)CC1)C1CCC(Cl)CC1. The Bertz CT molecular complexity index is 254. The van der Waals surface area contributed by atoms with E-state index >= 15 is 0 Å². The summed E-state index contributed by atoms with van der Waals surface area (Å²) < 4.78 is 0. The summed E-state index contributed by atoms with van der Waals surface area (Å²) in [6.07, 6.45) is 8.89. The van der Waals surface area contributed by atoms with E-state index in [-0.39, 0.29) is 5.92 Å². The fraction of sp³-hybridized carbons (Fsp3) is 0.933. The molecule has 0 aromatic heterocycles. The molecule has 1 nitrogen and oxygen atoms in total. The zero-order valence-corrected chi connectivity index (χ0v) is 12.7. The molecule has 0 radical (unpaired) electrons. The van der Waals surface area contributed by atoms with Crippen molar-refractivity contribution in [1.82, 2.24) is 0 Å². The van der Waals surface area contributed by atoms with E-state index in [1.54, 1.807) is 6.92 Å². The van der Waals surface area contributed by atoms with Gasteiger partial charge in [-0.15, -0.1) is 23.2 Å². The van der Waals surface area contributed by atoms with Gasteiger partial charge in [0.25, 0.3) is 0 Å². The van der Waals surface area contributed by atoms with Crippen molar-refractivity contribution in [3.8, 4) is 0 Å². The number of Topliss-reactive ketones (excluding diaryl/α,β-unsaturated/α-hetero) is 1. The van der Waals surface area contributed by atoms with Gasteiger partial charge in [0, 0.05) is 16.7 Å². The van der Waals surface area contributed by atoms with E-state index in [9.17, 15) is 4.79 Å². The molecule has 0 bridgehead atoms. The summed E-state index contributed by atoms with van der Waals surface area (Å²) >= 11 is 12.3. The van der Waals surface area contributed by atoms with Crippen LogP contribution in [0.25, 0.3) is 0 Å². The molecule has 0 N–H and O–H groups in total. The minimum atomic E-state index is 0.276. The van der Waals surface area contributed by atoms with Crippen LogP contribution in [-0.2, 0) is 4.79 Å². The molecule has 2 fully saturated rings. The second-order valence-electron chi connectivity index (χ2n) is 6.16. The molecule has 3 heteroatoms. The van der Waals surface area contributed by atoms with E-state index in [0.29, 0.717) is 28.4 Å². The summed E-state index contributed by atoms with van der Waals surface area (Å²) in [5.74, 6) is 1.83. The molecule has 0 heterocycles. The molecule has 0 unspecified atom stereocenters. The van der Waals surface area contributed by atoms with Gasteiger partial charge in [0.05, 0.1) is 0 Å². The second kappa shape index (κ2) is 6.61. The highest BCUT2D eigenvalue weighted by Crippen LogP contribution is 2.42. The standard InChI is InChI=1S/C15H24Cl2O/c1-10(18)15(11-2-6-13(16)7-3-11)12-4-8-14(17)9-5-12/h11-15H,2-9H2,1H3. The largest absolute Gasteiger partial charge is 0.300 e. The Morgan fingerprint density at radius 1 is 0.833 bits per heavy atom. The summed E-state index contributed by atoms with van der Waals surface area (Å²) in [7, 11) is 0. The molecule has 0 aliphatic heterocycles. The van der Waals surface area contributed by atoms with Crippen LogP contribution in [0.3, 0.4) is 0 Å². The van der Waals surface area contributed by atoms with Crippen molar-refractivity contribution in [1.29, 1.82) is 0 Å². The van der Waals surface area contributed by atoms with Crippen LogP contribution in [0.15, 0.2) is 0 Å². The highest BCUT2D eigenvalue weighted by molar-refractivity contribution is 6.20. The van der Waals surface area contributed by atoms with Crippen molar-refractivity contribution >= 4 is 29.0 Å². The van der Waals surface area contributed by atoms with Crippen LogP contribution >= 0.6 is 23.2 Å². The van der Waals surface area contributed by atoms with Crippen molar-refractivity contribution in [2.75, 3.05) is 0 Å². The average molecular weight is 291 g/mol. The highest BCUT2D eigenvalue weighted by atomic mass is 35.5. The number of halogens is 2. The average Bonchev–Trinajstić information content (AvgIpc) is 2.34. The third-order valence-corrected chi connectivity index (χ3v) is 5.76. The summed E-state index contributed by atoms with van der Waals surface area (Å²) in [4.78, 5) is 12.0. The van der Waals surface area contributed by atoms with E-state index < -0.39 is 0 Å². The molecular weight excluding hydrogens is 267 g/mol. The van der Waals surface area contributed by atoms with Crippen LogP contribution in [0.1, 0.15) is 58.3 Å². The maximum atomic E-state index is 12.0. The van der Waals surface area contributed by atoms with Crippen LogP contribution < -0.4 is 0 Å². The predicted octanol–water partition coefficient (Wildman–Crippen LogP) is 4.79. The lowest BCUT2D eigenvalue weighted by atomic mass is 9.68. The Kier molecular flexibility index (Phi) is 5.38. The number of hydrogen-bond donors (Lipinski definition) is 0. The zero-order valence-electron chi connectivity index (χ0n) is 11.2. The van der Waals surface area contributed by atoms with Gasteiger partial charge in [0.2, 0.25) is 0 Å². The number of rotatable bonds is 3. The molecule has 0 spiro atoms. The Labute approximate surface area is 121 Å². The molecule has 2 rings (SSSR count). The molecule has 0 aromatic carbocycles. The molecule has 104 valence electrons. The molecular formula is C15H24Cl2O. The molecule has 0 amide bonds. The maximum Gasteiger partial charge on any atom is 0.133 e. The monoisotopic (exact) mass is 290 g/mol. The Balaban J connectivity index is 1.97. The van der Waals surface area contributed by atoms with Gasteiger partial charge in [-0.05, 0) is 70.1 Å². The highest BCUT2D eigenvalue weighted by Gasteiger charge is 2.36. The molecule has 2 aliphatic rings. The van der Waals surface area contributed by atoms with Crippen LogP contribution in [0.4, 0.5) is 0 Å². The zero-order chi connectivity index (χ0) is 13.1. The van der Waals surface area contributed by atoms with E-state index in [4.69, 9.17) is 23.2 Å². The van der Waals surface area contributed by atoms with Crippen LogP contribution in [0.2, 0.25) is 0 Å². The number of carbonyl (C=O) groups is 1. The molecule has 2 saturated carbocycles. The molecule has 0 saturated heterocycles. The van der Waals surface area contributed by atoms with Gasteiger partial charge in [0.1, 0.15) is 5.78 Å². The van der Waals surface area contributed by atoms with Crippen molar-refractivity contribution in [2.24, 2.45) is 17.8 Å². The molecule has 18 heavy (non-hydrogen) atoms. The first-order valence-corrected chi connectivity index (χ1v) is 8.23. The van der Waals surface area contributed by atoms with Gasteiger partial charge in [0.15, 0.2) is 0 Å². The van der Waals surface area contributed by atoms with Gasteiger partial charge in [-0.2, -0.15) is 0 Å². The molecule has 2 aliphatic carbocycles. The Hall–Kier alpha value is 0.250. The first kappa shape index (κ1) is 14.7. The third kappa shape index (κ3) is 3.63. The van der Waals surface area contributed by atoms with Gasteiger partial charge >= 0.3 is 0 Å². The minimum absolute atomic E-state index is 0.276. The number of carbonyl (C=O) groups excluding carboxylic acids is 1. The number of alkyl halides is 2. The maximum absolute atomic E-state index is 12.0. The number of ketones is 1. The van der Waals surface area contributed by atoms with Crippen molar-refractivity contribution < 1.29 is 4.79 Å². The first-order valence-electron chi connectivity index (χ1n) is 7.36. The van der Waals surface area contributed by atoms with Crippen LogP contribution in [0.5, 0.6) is 0 Å². The lowest BCUT2D eigenvalue weighted by molar-refractivity contribution is -0.125.